The topological polar surface area (TPSA) is 77.2 Å². The van der Waals surface area contributed by atoms with E-state index in [0.29, 0.717) is 24.3 Å². The highest BCUT2D eigenvalue weighted by atomic mass is 16.5. The molecule has 0 spiro atoms. The molecule has 1 aliphatic rings. The highest BCUT2D eigenvalue weighted by Crippen LogP contribution is 2.19. The monoisotopic (exact) mass is 351 g/mol. The number of hydrogen-bond donors (Lipinski definition) is 0. The van der Waals surface area contributed by atoms with Crippen LogP contribution >= 0.6 is 0 Å². The lowest BCUT2D eigenvalue weighted by molar-refractivity contribution is 0.0835. The van der Waals surface area contributed by atoms with Gasteiger partial charge in [-0.3, -0.25) is 4.90 Å². The van der Waals surface area contributed by atoms with E-state index in [9.17, 15) is 0 Å². The Balaban J connectivity index is 1.29. The summed E-state index contributed by atoms with van der Waals surface area (Å²) in [6, 6.07) is 10.3. The van der Waals surface area contributed by atoms with Crippen LogP contribution in [-0.4, -0.2) is 44.2 Å². The van der Waals surface area contributed by atoms with E-state index in [1.54, 1.807) is 12.4 Å². The molecule has 2 aromatic heterocycles. The molecular weight excluding hydrogens is 330 g/mol. The van der Waals surface area contributed by atoms with Gasteiger partial charge >= 0.3 is 6.01 Å². The summed E-state index contributed by atoms with van der Waals surface area (Å²) in [4.78, 5) is 15.2. The first kappa shape index (κ1) is 16.7. The molecule has 0 unspecified atom stereocenters. The SMILES string of the molecule is Cc1cnc(OC2CCN(Cc3nc(-c4ccccc4)no3)CC2)nc1. The standard InChI is InChI=1S/C19H21N5O2/c1-14-11-20-19(21-12-14)25-16-7-9-24(10-8-16)13-17-22-18(23-26-17)15-5-3-2-4-6-15/h2-6,11-12,16H,7-10,13H2,1H3. The van der Waals surface area contributed by atoms with Crippen molar-refractivity contribution in [1.82, 2.24) is 25.0 Å². The molecule has 7 heteroatoms. The Morgan fingerprint density at radius 2 is 1.85 bits per heavy atom. The van der Waals surface area contributed by atoms with Gasteiger partial charge < -0.3 is 9.26 Å². The third kappa shape index (κ3) is 4.05. The van der Waals surface area contributed by atoms with Crippen LogP contribution in [0.5, 0.6) is 6.01 Å². The fraction of sp³-hybridized carbons (Fsp3) is 0.368. The number of aromatic nitrogens is 4. The van der Waals surface area contributed by atoms with Gasteiger partial charge in [-0.2, -0.15) is 4.98 Å². The number of piperidine rings is 1. The smallest absolute Gasteiger partial charge is 0.316 e. The first-order chi connectivity index (χ1) is 12.8. The lowest BCUT2D eigenvalue weighted by Gasteiger charge is -2.30. The van der Waals surface area contributed by atoms with Crippen molar-refractivity contribution in [1.29, 1.82) is 0 Å². The normalized spacial score (nSPS) is 15.9. The molecule has 4 rings (SSSR count). The van der Waals surface area contributed by atoms with Gasteiger partial charge in [0.1, 0.15) is 6.10 Å². The number of benzene rings is 1. The van der Waals surface area contributed by atoms with E-state index < -0.39 is 0 Å². The predicted molar refractivity (Wildman–Crippen MR) is 95.4 cm³/mol. The molecule has 0 N–H and O–H groups in total. The second-order valence-corrected chi connectivity index (χ2v) is 6.51. The van der Waals surface area contributed by atoms with Crippen molar-refractivity contribution in [3.63, 3.8) is 0 Å². The molecule has 3 aromatic rings. The van der Waals surface area contributed by atoms with Gasteiger partial charge in [0, 0.05) is 31.0 Å². The number of likely N-dealkylation sites (tertiary alicyclic amines) is 1. The molecular formula is C19H21N5O2. The number of nitrogens with zero attached hydrogens (tertiary/aromatic N) is 5. The molecule has 1 aliphatic heterocycles. The van der Waals surface area contributed by atoms with Crippen molar-refractivity contribution in [2.24, 2.45) is 0 Å². The van der Waals surface area contributed by atoms with Gasteiger partial charge in [0.2, 0.25) is 11.7 Å². The van der Waals surface area contributed by atoms with Gasteiger partial charge in [-0.1, -0.05) is 35.5 Å². The van der Waals surface area contributed by atoms with E-state index in [1.165, 1.54) is 0 Å². The Morgan fingerprint density at radius 3 is 2.58 bits per heavy atom. The molecule has 3 heterocycles. The Kier molecular flexibility index (Phi) is 4.88. The Labute approximate surface area is 152 Å². The average molecular weight is 351 g/mol. The van der Waals surface area contributed by atoms with Crippen LogP contribution < -0.4 is 4.74 Å². The predicted octanol–water partition coefficient (Wildman–Crippen LogP) is 2.88. The highest BCUT2D eigenvalue weighted by Gasteiger charge is 2.23. The Bertz CT molecular complexity index is 827. The maximum absolute atomic E-state index is 5.87. The summed E-state index contributed by atoms with van der Waals surface area (Å²) in [6.07, 6.45) is 5.55. The van der Waals surface area contributed by atoms with Crippen LogP contribution in [-0.2, 0) is 6.54 Å². The zero-order valence-electron chi connectivity index (χ0n) is 14.7. The number of ether oxygens (including phenoxy) is 1. The second kappa shape index (κ2) is 7.61. The van der Waals surface area contributed by atoms with Gasteiger partial charge in [0.15, 0.2) is 0 Å². The lowest BCUT2D eigenvalue weighted by Crippen LogP contribution is -2.38. The minimum absolute atomic E-state index is 0.150. The van der Waals surface area contributed by atoms with Crippen molar-refractivity contribution in [3.8, 4) is 17.4 Å². The van der Waals surface area contributed by atoms with Crippen molar-refractivity contribution >= 4 is 0 Å². The Hall–Kier alpha value is -2.80. The maximum atomic E-state index is 5.87. The third-order valence-electron chi connectivity index (χ3n) is 4.42. The lowest BCUT2D eigenvalue weighted by atomic mass is 10.1. The molecule has 1 saturated heterocycles. The van der Waals surface area contributed by atoms with Crippen LogP contribution in [0.3, 0.4) is 0 Å². The van der Waals surface area contributed by atoms with E-state index in [1.807, 2.05) is 37.3 Å². The summed E-state index contributed by atoms with van der Waals surface area (Å²) in [6.45, 7) is 4.45. The molecule has 0 radical (unpaired) electrons. The molecule has 0 saturated carbocycles. The minimum atomic E-state index is 0.150. The van der Waals surface area contributed by atoms with E-state index in [0.717, 1.165) is 37.1 Å². The van der Waals surface area contributed by atoms with Crippen molar-refractivity contribution < 1.29 is 9.26 Å². The molecule has 7 nitrogen and oxygen atoms in total. The van der Waals surface area contributed by atoms with Crippen LogP contribution in [0.25, 0.3) is 11.4 Å². The maximum Gasteiger partial charge on any atom is 0.316 e. The van der Waals surface area contributed by atoms with E-state index in [2.05, 4.69) is 25.0 Å². The van der Waals surface area contributed by atoms with Gasteiger partial charge in [-0.05, 0) is 25.3 Å². The zero-order chi connectivity index (χ0) is 17.8. The van der Waals surface area contributed by atoms with Gasteiger partial charge in [-0.15, -0.1) is 0 Å². The molecule has 134 valence electrons. The largest absolute Gasteiger partial charge is 0.460 e. The van der Waals surface area contributed by atoms with Crippen molar-refractivity contribution in [3.05, 3.63) is 54.2 Å². The van der Waals surface area contributed by atoms with Crippen LogP contribution in [0.2, 0.25) is 0 Å². The van der Waals surface area contributed by atoms with Crippen LogP contribution in [0, 0.1) is 6.92 Å². The summed E-state index contributed by atoms with van der Waals surface area (Å²) in [5.41, 5.74) is 1.99. The van der Waals surface area contributed by atoms with Crippen molar-refractivity contribution in [2.45, 2.75) is 32.4 Å². The summed E-state index contributed by atoms with van der Waals surface area (Å²) >= 11 is 0. The third-order valence-corrected chi connectivity index (χ3v) is 4.42. The Morgan fingerprint density at radius 1 is 1.12 bits per heavy atom. The van der Waals surface area contributed by atoms with Gasteiger partial charge in [0.25, 0.3) is 0 Å². The quantitative estimate of drug-likeness (QED) is 0.699. The van der Waals surface area contributed by atoms with E-state index >= 15 is 0 Å². The molecule has 0 bridgehead atoms. The molecule has 0 aliphatic carbocycles. The first-order valence-electron chi connectivity index (χ1n) is 8.82. The van der Waals surface area contributed by atoms with E-state index in [-0.39, 0.29) is 6.10 Å². The van der Waals surface area contributed by atoms with Crippen LogP contribution in [0.15, 0.2) is 47.2 Å². The molecule has 26 heavy (non-hydrogen) atoms. The summed E-state index contributed by atoms with van der Waals surface area (Å²) in [5, 5.41) is 4.08. The second-order valence-electron chi connectivity index (χ2n) is 6.51. The summed E-state index contributed by atoms with van der Waals surface area (Å²) in [7, 11) is 0. The molecule has 0 amide bonds. The van der Waals surface area contributed by atoms with Gasteiger partial charge in [0.05, 0.1) is 6.54 Å². The van der Waals surface area contributed by atoms with E-state index in [4.69, 9.17) is 9.26 Å². The van der Waals surface area contributed by atoms with Crippen molar-refractivity contribution in [2.75, 3.05) is 13.1 Å². The van der Waals surface area contributed by atoms with Gasteiger partial charge in [-0.25, -0.2) is 9.97 Å². The molecule has 1 aromatic carbocycles. The average Bonchev–Trinajstić information content (AvgIpc) is 3.14. The van der Waals surface area contributed by atoms with Crippen LogP contribution in [0.1, 0.15) is 24.3 Å². The summed E-state index contributed by atoms with van der Waals surface area (Å²) in [5.74, 6) is 1.28. The highest BCUT2D eigenvalue weighted by molar-refractivity contribution is 5.53. The first-order valence-corrected chi connectivity index (χ1v) is 8.82. The fourth-order valence-electron chi connectivity index (χ4n) is 2.99. The van der Waals surface area contributed by atoms with Crippen LogP contribution in [0.4, 0.5) is 0 Å². The fourth-order valence-corrected chi connectivity index (χ4v) is 2.99. The minimum Gasteiger partial charge on any atom is -0.460 e. The zero-order valence-corrected chi connectivity index (χ0v) is 14.7. The molecule has 1 fully saturated rings. The number of aryl methyl sites for hydroxylation is 1. The number of hydrogen-bond acceptors (Lipinski definition) is 7. The summed E-state index contributed by atoms with van der Waals surface area (Å²) < 4.78 is 11.3. The number of rotatable bonds is 5. The molecule has 0 atom stereocenters.